The van der Waals surface area contributed by atoms with Crippen LogP contribution >= 0.6 is 0 Å². The molecule has 0 atom stereocenters. The van der Waals surface area contributed by atoms with E-state index in [0.717, 1.165) is 16.3 Å². The van der Waals surface area contributed by atoms with Crippen LogP contribution in [-0.2, 0) is 4.84 Å². The summed E-state index contributed by atoms with van der Waals surface area (Å²) in [5.41, 5.74) is 2.57. The maximum atomic E-state index is 12.4. The summed E-state index contributed by atoms with van der Waals surface area (Å²) in [5.74, 6) is 0. The van der Waals surface area contributed by atoms with Crippen molar-refractivity contribution in [3.05, 3.63) is 108 Å². The number of hydrogen-bond acceptors (Lipinski definition) is 4. The molecule has 0 radical (unpaired) electrons. The quantitative estimate of drug-likeness (QED) is 0.305. The van der Waals surface area contributed by atoms with Crippen molar-refractivity contribution in [3.63, 3.8) is 0 Å². The number of fused-ring (bicyclic) bond motifs is 1. The van der Waals surface area contributed by atoms with Crippen molar-refractivity contribution < 1.29 is 9.63 Å². The van der Waals surface area contributed by atoms with Gasteiger partial charge < -0.3 is 0 Å². The highest BCUT2D eigenvalue weighted by Gasteiger charge is 2.11. The third kappa shape index (κ3) is 3.88. The minimum atomic E-state index is -0.666. The SMILES string of the molecule is O=C(Nc1cccc2ccccc12)O/N=C(/c1ccccc1)c1ccccn1. The Balaban J connectivity index is 1.59. The molecule has 3 aromatic carbocycles. The predicted molar refractivity (Wildman–Crippen MR) is 110 cm³/mol. The normalized spacial score (nSPS) is 11.2. The molecule has 4 aromatic rings. The average Bonchev–Trinajstić information content (AvgIpc) is 2.76. The van der Waals surface area contributed by atoms with Crippen molar-refractivity contribution in [2.75, 3.05) is 5.32 Å². The van der Waals surface area contributed by atoms with E-state index in [1.165, 1.54) is 0 Å². The fourth-order valence-electron chi connectivity index (χ4n) is 2.90. The molecule has 1 heterocycles. The van der Waals surface area contributed by atoms with Gasteiger partial charge in [0.2, 0.25) is 0 Å². The molecule has 0 spiro atoms. The summed E-state index contributed by atoms with van der Waals surface area (Å²) in [4.78, 5) is 21.8. The number of carbonyl (C=O) groups is 1. The highest BCUT2D eigenvalue weighted by molar-refractivity contribution is 6.11. The first-order chi connectivity index (χ1) is 13.8. The lowest BCUT2D eigenvalue weighted by molar-refractivity contribution is 0.166. The van der Waals surface area contributed by atoms with Crippen LogP contribution in [-0.4, -0.2) is 16.8 Å². The van der Waals surface area contributed by atoms with Crippen molar-refractivity contribution in [1.29, 1.82) is 0 Å². The maximum Gasteiger partial charge on any atom is 0.437 e. The molecule has 0 saturated carbocycles. The first-order valence-electron chi connectivity index (χ1n) is 8.82. The van der Waals surface area contributed by atoms with Gasteiger partial charge in [0.05, 0.1) is 11.4 Å². The summed E-state index contributed by atoms with van der Waals surface area (Å²) in [6.45, 7) is 0. The Hall–Kier alpha value is -3.99. The Bertz CT molecular complexity index is 1080. The van der Waals surface area contributed by atoms with E-state index in [9.17, 15) is 4.79 Å². The molecule has 5 heteroatoms. The first-order valence-corrected chi connectivity index (χ1v) is 8.82. The van der Waals surface area contributed by atoms with Gasteiger partial charge in [0.15, 0.2) is 0 Å². The number of hydrogen-bond donors (Lipinski definition) is 1. The summed E-state index contributed by atoms with van der Waals surface area (Å²) in [5, 5.41) is 8.80. The fourth-order valence-corrected chi connectivity index (χ4v) is 2.90. The van der Waals surface area contributed by atoms with Crippen LogP contribution in [0.4, 0.5) is 10.5 Å². The molecule has 0 fully saturated rings. The number of rotatable bonds is 4. The van der Waals surface area contributed by atoms with Gasteiger partial charge in [-0.1, -0.05) is 78.0 Å². The van der Waals surface area contributed by atoms with Crippen molar-refractivity contribution in [2.45, 2.75) is 0 Å². The lowest BCUT2D eigenvalue weighted by Crippen LogP contribution is -2.14. The average molecular weight is 367 g/mol. The van der Waals surface area contributed by atoms with E-state index >= 15 is 0 Å². The molecule has 5 nitrogen and oxygen atoms in total. The van der Waals surface area contributed by atoms with Crippen molar-refractivity contribution in [1.82, 2.24) is 4.98 Å². The molecule has 0 aliphatic heterocycles. The van der Waals surface area contributed by atoms with Gasteiger partial charge in [-0.05, 0) is 23.6 Å². The van der Waals surface area contributed by atoms with Gasteiger partial charge in [-0.2, -0.15) is 0 Å². The molecule has 1 aromatic heterocycles. The molecule has 28 heavy (non-hydrogen) atoms. The van der Waals surface area contributed by atoms with Crippen molar-refractivity contribution in [2.24, 2.45) is 5.16 Å². The minimum absolute atomic E-state index is 0.481. The molecule has 136 valence electrons. The summed E-state index contributed by atoms with van der Waals surface area (Å²) < 4.78 is 0. The van der Waals surface area contributed by atoms with Gasteiger partial charge in [0.1, 0.15) is 5.71 Å². The van der Waals surface area contributed by atoms with E-state index in [0.29, 0.717) is 17.1 Å². The van der Waals surface area contributed by atoms with Crippen LogP contribution in [0.2, 0.25) is 0 Å². The third-order valence-corrected chi connectivity index (χ3v) is 4.20. The van der Waals surface area contributed by atoms with Crippen LogP contribution < -0.4 is 5.32 Å². The van der Waals surface area contributed by atoms with E-state index in [2.05, 4.69) is 15.5 Å². The van der Waals surface area contributed by atoms with E-state index in [-0.39, 0.29) is 0 Å². The minimum Gasteiger partial charge on any atom is -0.297 e. The Labute approximate surface area is 162 Å². The second-order valence-electron chi connectivity index (χ2n) is 6.05. The predicted octanol–water partition coefficient (Wildman–Crippen LogP) is 5.24. The van der Waals surface area contributed by atoms with Gasteiger partial charge in [0.25, 0.3) is 0 Å². The molecule has 1 amide bonds. The number of nitrogens with one attached hydrogen (secondary N) is 1. The van der Waals surface area contributed by atoms with Gasteiger partial charge in [-0.15, -0.1) is 0 Å². The van der Waals surface area contributed by atoms with Crippen LogP contribution in [0, 0.1) is 0 Å². The number of carbonyl (C=O) groups excluding carboxylic acids is 1. The summed E-state index contributed by atoms with van der Waals surface area (Å²) in [6.07, 6.45) is 1.00. The molecule has 1 N–H and O–H groups in total. The molecule has 0 saturated heterocycles. The number of pyridine rings is 1. The second kappa shape index (κ2) is 8.14. The fraction of sp³-hybridized carbons (Fsp3) is 0. The van der Waals surface area contributed by atoms with E-state index < -0.39 is 6.09 Å². The number of anilines is 1. The van der Waals surface area contributed by atoms with Crippen molar-refractivity contribution in [3.8, 4) is 0 Å². The van der Waals surface area contributed by atoms with Crippen LogP contribution in [0.1, 0.15) is 11.3 Å². The Morgan fingerprint density at radius 1 is 0.821 bits per heavy atom. The van der Waals surface area contributed by atoms with Crippen LogP contribution in [0.5, 0.6) is 0 Å². The summed E-state index contributed by atoms with van der Waals surface area (Å²) >= 11 is 0. The summed E-state index contributed by atoms with van der Waals surface area (Å²) in [6, 6.07) is 28.5. The Kier molecular flexibility index (Phi) is 5.06. The molecular weight excluding hydrogens is 350 g/mol. The topological polar surface area (TPSA) is 63.6 Å². The maximum absolute atomic E-state index is 12.4. The van der Waals surface area contributed by atoms with Crippen LogP contribution in [0.3, 0.4) is 0 Å². The lowest BCUT2D eigenvalue weighted by Gasteiger charge is -2.08. The number of aromatic nitrogens is 1. The van der Waals surface area contributed by atoms with Crippen LogP contribution in [0.25, 0.3) is 10.8 Å². The number of nitrogens with zero attached hydrogens (tertiary/aromatic N) is 2. The van der Waals surface area contributed by atoms with Gasteiger partial charge >= 0.3 is 6.09 Å². The highest BCUT2D eigenvalue weighted by Crippen LogP contribution is 2.23. The molecule has 4 rings (SSSR count). The van der Waals surface area contributed by atoms with Crippen LogP contribution in [0.15, 0.2) is 102 Å². The highest BCUT2D eigenvalue weighted by atomic mass is 16.7. The molecule has 0 aliphatic rings. The van der Waals surface area contributed by atoms with Gasteiger partial charge in [0, 0.05) is 17.1 Å². The summed E-state index contributed by atoms with van der Waals surface area (Å²) in [7, 11) is 0. The van der Waals surface area contributed by atoms with E-state index in [4.69, 9.17) is 4.84 Å². The van der Waals surface area contributed by atoms with Gasteiger partial charge in [-0.25, -0.2) is 4.79 Å². The zero-order valence-corrected chi connectivity index (χ0v) is 14.9. The van der Waals surface area contributed by atoms with E-state index in [1.54, 1.807) is 6.20 Å². The molecule has 0 aliphatic carbocycles. The first kappa shape index (κ1) is 17.4. The Morgan fingerprint density at radius 3 is 2.39 bits per heavy atom. The van der Waals surface area contributed by atoms with Gasteiger partial charge in [-0.3, -0.25) is 15.1 Å². The zero-order chi connectivity index (χ0) is 19.2. The smallest absolute Gasteiger partial charge is 0.297 e. The Morgan fingerprint density at radius 2 is 1.57 bits per heavy atom. The lowest BCUT2D eigenvalue weighted by atomic mass is 10.1. The monoisotopic (exact) mass is 367 g/mol. The zero-order valence-electron chi connectivity index (χ0n) is 14.9. The molecular formula is C23H17N3O2. The second-order valence-corrected chi connectivity index (χ2v) is 6.05. The number of amides is 1. The van der Waals surface area contributed by atoms with E-state index in [1.807, 2.05) is 91.0 Å². The third-order valence-electron chi connectivity index (χ3n) is 4.20. The standard InChI is InChI=1S/C23H17N3O2/c27-23(25-20-15-8-12-17-9-4-5-13-19(17)20)28-26-22(18-10-2-1-3-11-18)21-14-6-7-16-24-21/h1-16H,(H,25,27)/b26-22-. The number of benzene rings is 3. The van der Waals surface area contributed by atoms with Crippen molar-refractivity contribution >= 4 is 28.3 Å². The largest absolute Gasteiger partial charge is 0.437 e. The number of oxime groups is 1. The molecule has 0 unspecified atom stereocenters. The molecule has 0 bridgehead atoms.